The number of nitrogens with two attached hydrogens (primary N) is 2. The predicted molar refractivity (Wildman–Crippen MR) is 75.1 cm³/mol. The normalized spacial score (nSPS) is 23.1. The number of benzene rings is 1. The quantitative estimate of drug-likeness (QED) is 0.589. The lowest BCUT2D eigenvalue weighted by molar-refractivity contribution is -0.114. The fourth-order valence-electron chi connectivity index (χ4n) is 1.85. The van der Waals surface area contributed by atoms with Crippen LogP contribution in [0.3, 0.4) is 0 Å². The Balaban J connectivity index is 2.21. The monoisotopic (exact) mass is 240 g/mol. The first-order valence-corrected chi connectivity index (χ1v) is 5.99. The molecule has 1 aromatic carbocycles. The molecule has 0 heterocycles. The lowest BCUT2D eigenvalue weighted by Gasteiger charge is -2.22. The van der Waals surface area contributed by atoms with Crippen LogP contribution < -0.4 is 11.1 Å². The molecule has 92 valence electrons. The maximum absolute atomic E-state index is 6.08. The van der Waals surface area contributed by atoms with E-state index in [1.165, 1.54) is 0 Å². The highest BCUT2D eigenvalue weighted by atomic mass is 14.9. The Morgan fingerprint density at radius 1 is 1.28 bits per heavy atom. The molecular weight excluding hydrogens is 222 g/mol. The molecule has 18 heavy (non-hydrogen) atoms. The lowest BCUT2D eigenvalue weighted by Crippen LogP contribution is -2.42. The van der Waals surface area contributed by atoms with Gasteiger partial charge in [-0.25, -0.2) is 0 Å². The zero-order chi connectivity index (χ0) is 13.0. The Labute approximate surface area is 107 Å². The summed E-state index contributed by atoms with van der Waals surface area (Å²) in [5.74, 6) is 1.00. The third kappa shape index (κ3) is 2.56. The zero-order valence-corrected chi connectivity index (χ0v) is 10.5. The van der Waals surface area contributed by atoms with Crippen LogP contribution in [0.25, 0.3) is 0 Å². The molecule has 1 unspecified atom stereocenters. The van der Waals surface area contributed by atoms with Gasteiger partial charge in [0.05, 0.1) is 11.0 Å². The minimum atomic E-state index is -0.242. The SMILES string of the molecule is CC1(C(N)=NC(=[NH2+])c2ccccc2)C=CC=CC1. The summed E-state index contributed by atoms with van der Waals surface area (Å²) in [5, 5.41) is 5.97. The summed E-state index contributed by atoms with van der Waals surface area (Å²) in [4.78, 5) is 4.35. The fourth-order valence-corrected chi connectivity index (χ4v) is 1.85. The summed E-state index contributed by atoms with van der Waals surface area (Å²) < 4.78 is 0. The van der Waals surface area contributed by atoms with E-state index in [-0.39, 0.29) is 5.41 Å². The van der Waals surface area contributed by atoms with Gasteiger partial charge in [-0.2, -0.15) is 0 Å². The van der Waals surface area contributed by atoms with Gasteiger partial charge in [-0.1, -0.05) is 42.5 Å². The molecular formula is C15H18N3+. The van der Waals surface area contributed by atoms with Crippen molar-refractivity contribution in [3.63, 3.8) is 0 Å². The average Bonchev–Trinajstić information content (AvgIpc) is 2.40. The fraction of sp³-hybridized carbons (Fsp3) is 0.200. The third-order valence-corrected chi connectivity index (χ3v) is 3.15. The van der Waals surface area contributed by atoms with Crippen molar-refractivity contribution >= 4 is 11.7 Å². The molecule has 0 radical (unpaired) electrons. The molecule has 0 aromatic heterocycles. The van der Waals surface area contributed by atoms with Gasteiger partial charge in [-0.3, -0.25) is 5.41 Å². The second kappa shape index (κ2) is 5.00. The summed E-state index contributed by atoms with van der Waals surface area (Å²) in [5.41, 5.74) is 6.73. The first-order valence-electron chi connectivity index (χ1n) is 5.99. The van der Waals surface area contributed by atoms with Crippen molar-refractivity contribution in [2.75, 3.05) is 0 Å². The van der Waals surface area contributed by atoms with Gasteiger partial charge in [0.2, 0.25) is 5.84 Å². The van der Waals surface area contributed by atoms with Crippen LogP contribution in [0.15, 0.2) is 59.6 Å². The Bertz CT molecular complexity index is 526. The van der Waals surface area contributed by atoms with Crippen molar-refractivity contribution in [1.82, 2.24) is 0 Å². The molecule has 1 aliphatic rings. The first-order chi connectivity index (χ1) is 8.62. The molecule has 0 fully saturated rings. The first kappa shape index (κ1) is 12.3. The number of amidine groups is 2. The van der Waals surface area contributed by atoms with Crippen LogP contribution in [0.2, 0.25) is 0 Å². The van der Waals surface area contributed by atoms with Crippen LogP contribution in [0.4, 0.5) is 0 Å². The summed E-state index contributed by atoms with van der Waals surface area (Å²) in [7, 11) is 0. The minimum Gasteiger partial charge on any atom is -0.366 e. The molecule has 0 spiro atoms. The van der Waals surface area contributed by atoms with Crippen molar-refractivity contribution in [3.8, 4) is 0 Å². The van der Waals surface area contributed by atoms with Crippen molar-refractivity contribution in [3.05, 3.63) is 60.2 Å². The van der Waals surface area contributed by atoms with Gasteiger partial charge in [-0.05, 0) is 30.5 Å². The third-order valence-electron chi connectivity index (χ3n) is 3.15. The number of nitrogens with zero attached hydrogens (tertiary/aromatic N) is 1. The van der Waals surface area contributed by atoms with Gasteiger partial charge < -0.3 is 5.73 Å². The average molecular weight is 240 g/mol. The van der Waals surface area contributed by atoms with Gasteiger partial charge in [-0.15, -0.1) is 0 Å². The second-order valence-electron chi connectivity index (χ2n) is 4.66. The smallest absolute Gasteiger partial charge is 0.323 e. The van der Waals surface area contributed by atoms with E-state index < -0.39 is 0 Å². The van der Waals surface area contributed by atoms with Gasteiger partial charge >= 0.3 is 5.84 Å². The van der Waals surface area contributed by atoms with Gasteiger partial charge in [0.15, 0.2) is 0 Å². The summed E-state index contributed by atoms with van der Waals surface area (Å²) >= 11 is 0. The Hall–Kier alpha value is -2.16. The van der Waals surface area contributed by atoms with Crippen molar-refractivity contribution in [2.24, 2.45) is 16.1 Å². The van der Waals surface area contributed by atoms with E-state index >= 15 is 0 Å². The summed E-state index contributed by atoms with van der Waals surface area (Å²) in [6, 6.07) is 9.65. The number of rotatable bonds is 2. The number of allylic oxidation sites excluding steroid dienone is 3. The molecule has 0 aliphatic heterocycles. The number of aliphatic imine (C=N–C) groups is 1. The van der Waals surface area contributed by atoms with E-state index in [0.29, 0.717) is 11.7 Å². The topological polar surface area (TPSA) is 64.0 Å². The van der Waals surface area contributed by atoms with Crippen LogP contribution in [-0.4, -0.2) is 11.7 Å². The predicted octanol–water partition coefficient (Wildman–Crippen LogP) is 1.07. The van der Waals surface area contributed by atoms with Crippen LogP contribution in [0.1, 0.15) is 18.9 Å². The van der Waals surface area contributed by atoms with E-state index in [1.54, 1.807) is 0 Å². The van der Waals surface area contributed by atoms with E-state index in [9.17, 15) is 0 Å². The summed E-state index contributed by atoms with van der Waals surface area (Å²) in [6.07, 6.45) is 9.00. The highest BCUT2D eigenvalue weighted by Gasteiger charge is 2.30. The highest BCUT2D eigenvalue weighted by molar-refractivity contribution is 6.04. The van der Waals surface area contributed by atoms with Crippen molar-refractivity contribution in [1.29, 1.82) is 0 Å². The standard InChI is InChI=1S/C15H17N3/c1-15(10-6-3-7-11-15)14(17)18-13(16)12-8-4-2-5-9-12/h2-10H,11H2,1H3,(H3,16,17,18)/p+1. The van der Waals surface area contributed by atoms with Crippen LogP contribution in [-0.2, 0) is 0 Å². The largest absolute Gasteiger partial charge is 0.366 e. The maximum atomic E-state index is 6.08. The van der Waals surface area contributed by atoms with Gasteiger partial charge in [0, 0.05) is 0 Å². The Kier molecular flexibility index (Phi) is 3.42. The zero-order valence-electron chi connectivity index (χ0n) is 10.5. The van der Waals surface area contributed by atoms with Crippen LogP contribution in [0.5, 0.6) is 0 Å². The molecule has 0 saturated heterocycles. The maximum Gasteiger partial charge on any atom is 0.323 e. The molecule has 3 nitrogen and oxygen atoms in total. The van der Waals surface area contributed by atoms with Crippen molar-refractivity contribution < 1.29 is 5.41 Å². The molecule has 0 amide bonds. The van der Waals surface area contributed by atoms with E-state index in [4.69, 9.17) is 11.1 Å². The molecule has 3 heteroatoms. The molecule has 1 aliphatic carbocycles. The van der Waals surface area contributed by atoms with E-state index in [2.05, 4.69) is 24.1 Å². The molecule has 1 atom stereocenters. The summed E-state index contributed by atoms with van der Waals surface area (Å²) in [6.45, 7) is 2.06. The molecule has 0 saturated carbocycles. The van der Waals surface area contributed by atoms with E-state index in [0.717, 1.165) is 12.0 Å². The van der Waals surface area contributed by atoms with Crippen LogP contribution >= 0.6 is 0 Å². The molecule has 0 bridgehead atoms. The Morgan fingerprint density at radius 3 is 2.61 bits per heavy atom. The second-order valence-corrected chi connectivity index (χ2v) is 4.66. The Morgan fingerprint density at radius 2 is 2.00 bits per heavy atom. The van der Waals surface area contributed by atoms with Crippen LogP contribution in [0, 0.1) is 5.41 Å². The molecule has 2 rings (SSSR count). The minimum absolute atomic E-state index is 0.242. The highest BCUT2D eigenvalue weighted by Crippen LogP contribution is 2.27. The number of hydrogen-bond acceptors (Lipinski definition) is 0. The number of hydrogen-bond donors (Lipinski definition) is 2. The molecule has 1 aromatic rings. The van der Waals surface area contributed by atoms with Gasteiger partial charge in [0.1, 0.15) is 0 Å². The van der Waals surface area contributed by atoms with Gasteiger partial charge in [0.25, 0.3) is 0 Å². The van der Waals surface area contributed by atoms with Crippen molar-refractivity contribution in [2.45, 2.75) is 13.3 Å². The lowest BCUT2D eigenvalue weighted by atomic mass is 9.82. The van der Waals surface area contributed by atoms with E-state index in [1.807, 2.05) is 42.5 Å². The molecule has 4 N–H and O–H groups in total.